The molecule has 0 saturated heterocycles. The van der Waals surface area contributed by atoms with Crippen molar-refractivity contribution in [1.82, 2.24) is 5.32 Å². The number of nitrogens with one attached hydrogen (secondary N) is 1. The Morgan fingerprint density at radius 2 is 2.05 bits per heavy atom. The van der Waals surface area contributed by atoms with Gasteiger partial charge < -0.3 is 20.9 Å². The lowest BCUT2D eigenvalue weighted by Gasteiger charge is -2.19. The van der Waals surface area contributed by atoms with Gasteiger partial charge in [0.15, 0.2) is 0 Å². The van der Waals surface area contributed by atoms with Crippen molar-refractivity contribution in [1.29, 1.82) is 0 Å². The third kappa shape index (κ3) is 5.28. The minimum absolute atomic E-state index is 0.0108. The molecular formula is C14H22N2O3. The van der Waals surface area contributed by atoms with E-state index in [2.05, 4.69) is 5.32 Å². The highest BCUT2D eigenvalue weighted by atomic mass is 16.5. The number of hydrogen-bond acceptors (Lipinski definition) is 4. The minimum atomic E-state index is -0.601. The molecule has 2 atom stereocenters. The van der Waals surface area contributed by atoms with Crippen molar-refractivity contribution in [2.24, 2.45) is 5.73 Å². The fourth-order valence-electron chi connectivity index (χ4n) is 1.75. The van der Waals surface area contributed by atoms with Gasteiger partial charge in [0.05, 0.1) is 18.7 Å². The summed E-state index contributed by atoms with van der Waals surface area (Å²) in [6, 6.07) is 6.07. The smallest absolute Gasteiger partial charge is 0.237 e. The summed E-state index contributed by atoms with van der Waals surface area (Å²) < 4.78 is 5.02. The number of hydrogen-bond donors (Lipinski definition) is 3. The van der Waals surface area contributed by atoms with Crippen LogP contribution >= 0.6 is 0 Å². The van der Waals surface area contributed by atoms with Gasteiger partial charge in [-0.25, -0.2) is 0 Å². The molecule has 0 aromatic heterocycles. The summed E-state index contributed by atoms with van der Waals surface area (Å²) in [5, 5.41) is 12.0. The number of phenolic OH excluding ortho intramolecular Hbond substituents is 1. The molecule has 19 heavy (non-hydrogen) atoms. The van der Waals surface area contributed by atoms with Crippen LogP contribution in [0.4, 0.5) is 0 Å². The Morgan fingerprint density at radius 3 is 2.58 bits per heavy atom. The Morgan fingerprint density at radius 1 is 1.42 bits per heavy atom. The number of carbonyl (C=O) groups is 1. The quantitative estimate of drug-likeness (QED) is 0.681. The number of methoxy groups -OCH3 is 1. The molecule has 0 aliphatic heterocycles. The standard InChI is InChI=1S/C14H22N2O3/c1-3-11(9-19-2)16-14(18)13(15)8-10-4-6-12(17)7-5-10/h4-7,11,13,17H,3,8-9,15H2,1-2H3,(H,16,18). The van der Waals surface area contributed by atoms with Crippen molar-refractivity contribution in [3.8, 4) is 5.75 Å². The zero-order chi connectivity index (χ0) is 14.3. The largest absolute Gasteiger partial charge is 0.508 e. The molecule has 0 spiro atoms. The molecule has 1 rings (SSSR count). The van der Waals surface area contributed by atoms with Crippen LogP contribution in [0.25, 0.3) is 0 Å². The van der Waals surface area contributed by atoms with Crippen molar-refractivity contribution >= 4 is 5.91 Å². The average molecular weight is 266 g/mol. The Bertz CT molecular complexity index is 392. The van der Waals surface area contributed by atoms with Crippen molar-refractivity contribution < 1.29 is 14.6 Å². The Kier molecular flexibility index (Phi) is 6.32. The molecule has 4 N–H and O–H groups in total. The van der Waals surface area contributed by atoms with Crippen LogP contribution in [0.3, 0.4) is 0 Å². The average Bonchev–Trinajstić information content (AvgIpc) is 2.40. The molecule has 1 aromatic carbocycles. The second kappa shape index (κ2) is 7.76. The second-order valence-electron chi connectivity index (χ2n) is 4.55. The third-order valence-electron chi connectivity index (χ3n) is 2.94. The second-order valence-corrected chi connectivity index (χ2v) is 4.55. The van der Waals surface area contributed by atoms with Crippen molar-refractivity contribution in [3.05, 3.63) is 29.8 Å². The fourth-order valence-corrected chi connectivity index (χ4v) is 1.75. The minimum Gasteiger partial charge on any atom is -0.508 e. The molecule has 1 aromatic rings. The monoisotopic (exact) mass is 266 g/mol. The molecule has 5 heteroatoms. The first-order valence-corrected chi connectivity index (χ1v) is 6.39. The summed E-state index contributed by atoms with van der Waals surface area (Å²) in [5.41, 5.74) is 6.79. The van der Waals surface area contributed by atoms with Gasteiger partial charge in [-0.3, -0.25) is 4.79 Å². The van der Waals surface area contributed by atoms with Gasteiger partial charge in [-0.15, -0.1) is 0 Å². The molecule has 0 aliphatic rings. The molecule has 0 saturated carbocycles. The first kappa shape index (κ1) is 15.5. The molecule has 0 aliphatic carbocycles. The third-order valence-corrected chi connectivity index (χ3v) is 2.94. The number of rotatable bonds is 7. The van der Waals surface area contributed by atoms with Gasteiger partial charge in [-0.05, 0) is 30.5 Å². The normalized spacial score (nSPS) is 13.8. The molecule has 5 nitrogen and oxygen atoms in total. The van der Waals surface area contributed by atoms with E-state index >= 15 is 0 Å². The summed E-state index contributed by atoms with van der Waals surface area (Å²) in [6.07, 6.45) is 1.24. The lowest BCUT2D eigenvalue weighted by molar-refractivity contribution is -0.123. The first-order valence-electron chi connectivity index (χ1n) is 6.39. The molecule has 2 unspecified atom stereocenters. The molecular weight excluding hydrogens is 244 g/mol. The van der Waals surface area contributed by atoms with E-state index in [0.29, 0.717) is 13.0 Å². The number of phenols is 1. The molecule has 0 heterocycles. The number of nitrogens with two attached hydrogens (primary N) is 1. The highest BCUT2D eigenvalue weighted by Crippen LogP contribution is 2.11. The van der Waals surface area contributed by atoms with E-state index in [0.717, 1.165) is 12.0 Å². The van der Waals surface area contributed by atoms with E-state index in [1.54, 1.807) is 31.4 Å². The number of ether oxygens (including phenoxy) is 1. The summed E-state index contributed by atoms with van der Waals surface area (Å²) >= 11 is 0. The predicted molar refractivity (Wildman–Crippen MR) is 73.9 cm³/mol. The van der Waals surface area contributed by atoms with Crippen LogP contribution < -0.4 is 11.1 Å². The molecule has 0 fully saturated rings. The van der Waals surface area contributed by atoms with E-state index in [1.807, 2.05) is 6.92 Å². The summed E-state index contributed by atoms with van der Waals surface area (Å²) in [6.45, 7) is 2.46. The SMILES string of the molecule is CCC(COC)NC(=O)C(N)Cc1ccc(O)cc1. The molecule has 0 bridgehead atoms. The van der Waals surface area contributed by atoms with Crippen molar-refractivity contribution in [2.75, 3.05) is 13.7 Å². The van der Waals surface area contributed by atoms with Gasteiger partial charge in [0.1, 0.15) is 5.75 Å². The van der Waals surface area contributed by atoms with Crippen LogP contribution in [0, 0.1) is 0 Å². The van der Waals surface area contributed by atoms with Gasteiger partial charge in [0, 0.05) is 7.11 Å². The van der Waals surface area contributed by atoms with Crippen molar-refractivity contribution in [2.45, 2.75) is 31.8 Å². The van der Waals surface area contributed by atoms with E-state index in [9.17, 15) is 9.90 Å². The van der Waals surface area contributed by atoms with Crippen LogP contribution in [-0.2, 0) is 16.0 Å². The Labute approximate surface area is 113 Å². The molecule has 1 amide bonds. The van der Waals surface area contributed by atoms with Gasteiger partial charge in [0.2, 0.25) is 5.91 Å². The fraction of sp³-hybridized carbons (Fsp3) is 0.500. The lowest BCUT2D eigenvalue weighted by atomic mass is 10.1. The van der Waals surface area contributed by atoms with Crippen LogP contribution in [0.5, 0.6) is 5.75 Å². The summed E-state index contributed by atoms with van der Waals surface area (Å²) in [7, 11) is 1.60. The number of benzene rings is 1. The zero-order valence-corrected chi connectivity index (χ0v) is 11.4. The lowest BCUT2D eigenvalue weighted by Crippen LogP contribution is -2.47. The molecule has 106 valence electrons. The maximum Gasteiger partial charge on any atom is 0.237 e. The summed E-state index contributed by atoms with van der Waals surface area (Å²) in [5.74, 6) is 0.0184. The summed E-state index contributed by atoms with van der Waals surface area (Å²) in [4.78, 5) is 11.9. The van der Waals surface area contributed by atoms with Gasteiger partial charge >= 0.3 is 0 Å². The van der Waals surface area contributed by atoms with Gasteiger partial charge in [0.25, 0.3) is 0 Å². The van der Waals surface area contributed by atoms with E-state index in [1.165, 1.54) is 0 Å². The number of amides is 1. The number of carbonyl (C=O) groups excluding carboxylic acids is 1. The van der Waals surface area contributed by atoms with Crippen LogP contribution in [0.2, 0.25) is 0 Å². The zero-order valence-electron chi connectivity index (χ0n) is 11.4. The Hall–Kier alpha value is -1.59. The van der Waals surface area contributed by atoms with E-state index in [-0.39, 0.29) is 17.7 Å². The predicted octanol–water partition coefficient (Wildman–Crippen LogP) is 0.803. The highest BCUT2D eigenvalue weighted by Gasteiger charge is 2.17. The maximum atomic E-state index is 11.9. The first-order chi connectivity index (χ1) is 9.06. The van der Waals surface area contributed by atoms with Crippen LogP contribution in [0.15, 0.2) is 24.3 Å². The number of aromatic hydroxyl groups is 1. The highest BCUT2D eigenvalue weighted by molar-refractivity contribution is 5.82. The topological polar surface area (TPSA) is 84.6 Å². The Balaban J connectivity index is 2.50. The van der Waals surface area contributed by atoms with Gasteiger partial charge in [-0.1, -0.05) is 19.1 Å². The van der Waals surface area contributed by atoms with Crippen molar-refractivity contribution in [3.63, 3.8) is 0 Å². The van der Waals surface area contributed by atoms with Crippen LogP contribution in [0.1, 0.15) is 18.9 Å². The van der Waals surface area contributed by atoms with Crippen LogP contribution in [-0.4, -0.2) is 36.8 Å². The maximum absolute atomic E-state index is 11.9. The van der Waals surface area contributed by atoms with E-state index in [4.69, 9.17) is 10.5 Å². The van der Waals surface area contributed by atoms with Gasteiger partial charge in [-0.2, -0.15) is 0 Å². The van der Waals surface area contributed by atoms with E-state index < -0.39 is 6.04 Å². The molecule has 0 radical (unpaired) electrons.